The molecule has 0 aliphatic carbocycles. The summed E-state index contributed by atoms with van der Waals surface area (Å²) >= 11 is 0. The molecule has 0 radical (unpaired) electrons. The molecule has 2 aromatic carbocycles. The minimum absolute atomic E-state index is 0.141. The average Bonchev–Trinajstić information content (AvgIpc) is 2.96. The Morgan fingerprint density at radius 2 is 1.78 bits per heavy atom. The molecule has 2 N–H and O–H groups in total. The van der Waals surface area contributed by atoms with Crippen LogP contribution in [0.1, 0.15) is 12.0 Å². The van der Waals surface area contributed by atoms with E-state index in [0.717, 1.165) is 16.9 Å². The predicted molar refractivity (Wildman–Crippen MR) is 97.3 cm³/mol. The number of quaternary nitrogens is 1. The third-order valence-electron chi connectivity index (χ3n) is 4.60. The Balaban J connectivity index is 1.60. The fourth-order valence-electron chi connectivity index (χ4n) is 3.19. The fourth-order valence-corrected chi connectivity index (χ4v) is 3.19. The van der Waals surface area contributed by atoms with E-state index in [1.54, 1.807) is 14.2 Å². The topological polar surface area (TPSA) is 72.5 Å². The highest BCUT2D eigenvalue weighted by Crippen LogP contribution is 2.27. The summed E-state index contributed by atoms with van der Waals surface area (Å²) in [5, 5.41) is 1.88. The van der Waals surface area contributed by atoms with Crippen molar-refractivity contribution < 1.29 is 28.8 Å². The van der Waals surface area contributed by atoms with Crippen molar-refractivity contribution in [3.05, 3.63) is 53.8 Å². The number of halogens is 1. The van der Waals surface area contributed by atoms with Crippen LogP contribution >= 0.6 is 0 Å². The third-order valence-corrected chi connectivity index (χ3v) is 4.60. The Bertz CT molecular complexity index is 838. The number of amides is 2. The SMILES string of the molecule is COc1ccc(CC[NH2+][C@H]2CC(=O)N(c3ccc(F)cc3)C2=O)cc1OC. The highest BCUT2D eigenvalue weighted by Gasteiger charge is 2.42. The lowest BCUT2D eigenvalue weighted by molar-refractivity contribution is -0.674. The van der Waals surface area contributed by atoms with Gasteiger partial charge in [-0.15, -0.1) is 0 Å². The van der Waals surface area contributed by atoms with Crippen molar-refractivity contribution in [2.24, 2.45) is 0 Å². The maximum atomic E-state index is 13.1. The van der Waals surface area contributed by atoms with Crippen molar-refractivity contribution in [1.82, 2.24) is 0 Å². The Labute approximate surface area is 156 Å². The lowest BCUT2D eigenvalue weighted by atomic mass is 10.1. The molecule has 1 fully saturated rings. The van der Waals surface area contributed by atoms with Crippen LogP contribution in [-0.2, 0) is 16.0 Å². The number of methoxy groups -OCH3 is 2. The number of nitrogens with two attached hydrogens (primary N) is 1. The van der Waals surface area contributed by atoms with Crippen molar-refractivity contribution in [2.45, 2.75) is 18.9 Å². The van der Waals surface area contributed by atoms with Crippen LogP contribution in [0.5, 0.6) is 11.5 Å². The minimum Gasteiger partial charge on any atom is -0.493 e. The number of hydrogen-bond acceptors (Lipinski definition) is 4. The monoisotopic (exact) mass is 373 g/mol. The van der Waals surface area contributed by atoms with E-state index in [2.05, 4.69) is 0 Å². The lowest BCUT2D eigenvalue weighted by Gasteiger charge is -2.14. The number of anilines is 1. The van der Waals surface area contributed by atoms with E-state index in [9.17, 15) is 14.0 Å². The number of carbonyl (C=O) groups excluding carboxylic acids is 2. The number of rotatable bonds is 7. The fraction of sp³-hybridized carbons (Fsp3) is 0.300. The molecular weight excluding hydrogens is 351 g/mol. The first-order valence-electron chi connectivity index (χ1n) is 8.70. The van der Waals surface area contributed by atoms with Crippen molar-refractivity contribution in [3.8, 4) is 11.5 Å². The summed E-state index contributed by atoms with van der Waals surface area (Å²) < 4.78 is 23.6. The molecule has 142 valence electrons. The quantitative estimate of drug-likeness (QED) is 0.742. The average molecular weight is 373 g/mol. The summed E-state index contributed by atoms with van der Waals surface area (Å²) in [4.78, 5) is 25.9. The largest absolute Gasteiger partial charge is 0.493 e. The third kappa shape index (κ3) is 4.09. The summed E-state index contributed by atoms with van der Waals surface area (Å²) in [5.74, 6) is 0.384. The zero-order chi connectivity index (χ0) is 19.4. The van der Waals surface area contributed by atoms with Crippen LogP contribution in [0.25, 0.3) is 0 Å². The number of hydrogen-bond donors (Lipinski definition) is 1. The molecule has 2 amide bonds. The first-order chi connectivity index (χ1) is 13.0. The van der Waals surface area contributed by atoms with E-state index in [1.807, 2.05) is 23.5 Å². The number of ether oxygens (including phenoxy) is 2. The highest BCUT2D eigenvalue weighted by molar-refractivity contribution is 6.21. The number of imide groups is 1. The molecule has 7 heteroatoms. The Morgan fingerprint density at radius 1 is 1.07 bits per heavy atom. The molecular formula is C20H22FN2O4+. The molecule has 2 aromatic rings. The maximum Gasteiger partial charge on any atom is 0.292 e. The molecule has 1 aliphatic rings. The van der Waals surface area contributed by atoms with Crippen molar-refractivity contribution in [2.75, 3.05) is 25.7 Å². The normalized spacial score (nSPS) is 16.7. The second kappa shape index (κ2) is 8.18. The summed E-state index contributed by atoms with van der Waals surface area (Å²) in [6.07, 6.45) is 0.858. The van der Waals surface area contributed by atoms with E-state index >= 15 is 0 Å². The van der Waals surface area contributed by atoms with Crippen LogP contribution in [0.15, 0.2) is 42.5 Å². The maximum absolute atomic E-state index is 13.1. The number of carbonyl (C=O) groups is 2. The zero-order valence-electron chi connectivity index (χ0n) is 15.3. The molecule has 0 unspecified atom stereocenters. The van der Waals surface area contributed by atoms with Gasteiger partial charge in [-0.1, -0.05) is 6.07 Å². The van der Waals surface area contributed by atoms with E-state index in [0.29, 0.717) is 23.7 Å². The van der Waals surface area contributed by atoms with Crippen LogP contribution < -0.4 is 19.7 Å². The van der Waals surface area contributed by atoms with Gasteiger partial charge in [0.25, 0.3) is 5.91 Å². The molecule has 1 atom stereocenters. The van der Waals surface area contributed by atoms with Gasteiger partial charge in [0.15, 0.2) is 17.5 Å². The van der Waals surface area contributed by atoms with Crippen LogP contribution in [0.3, 0.4) is 0 Å². The van der Waals surface area contributed by atoms with E-state index < -0.39 is 11.9 Å². The molecule has 0 aromatic heterocycles. The first-order valence-corrected chi connectivity index (χ1v) is 8.70. The van der Waals surface area contributed by atoms with Gasteiger partial charge in [0.1, 0.15) is 5.82 Å². The van der Waals surface area contributed by atoms with Crippen LogP contribution in [0, 0.1) is 5.82 Å². The van der Waals surface area contributed by atoms with Crippen LogP contribution in [-0.4, -0.2) is 38.6 Å². The van der Waals surface area contributed by atoms with Crippen LogP contribution in [0.4, 0.5) is 10.1 Å². The van der Waals surface area contributed by atoms with E-state index in [1.165, 1.54) is 24.3 Å². The highest BCUT2D eigenvalue weighted by atomic mass is 19.1. The first kappa shape index (κ1) is 18.8. The number of benzene rings is 2. The second-order valence-electron chi connectivity index (χ2n) is 6.32. The Kier molecular flexibility index (Phi) is 5.71. The van der Waals surface area contributed by atoms with Gasteiger partial charge < -0.3 is 14.8 Å². The molecule has 0 bridgehead atoms. The summed E-state index contributed by atoms with van der Waals surface area (Å²) in [6.45, 7) is 0.649. The van der Waals surface area contributed by atoms with Gasteiger partial charge >= 0.3 is 0 Å². The van der Waals surface area contributed by atoms with Gasteiger partial charge in [-0.25, -0.2) is 9.29 Å². The van der Waals surface area contributed by atoms with Gasteiger partial charge in [-0.2, -0.15) is 0 Å². The van der Waals surface area contributed by atoms with E-state index in [4.69, 9.17) is 9.47 Å². The van der Waals surface area contributed by atoms with Crippen molar-refractivity contribution in [3.63, 3.8) is 0 Å². The summed E-state index contributed by atoms with van der Waals surface area (Å²) in [6, 6.07) is 10.6. The van der Waals surface area contributed by atoms with Gasteiger partial charge in [-0.05, 0) is 42.0 Å². The standard InChI is InChI=1S/C20H21FN2O4/c1-26-17-8-3-13(11-18(17)27-2)9-10-22-16-12-19(24)23(20(16)25)15-6-4-14(21)5-7-15/h3-8,11,16,22H,9-10,12H2,1-2H3/p+1/t16-/m0/s1. The second-order valence-corrected chi connectivity index (χ2v) is 6.32. The molecule has 0 spiro atoms. The van der Waals surface area contributed by atoms with Gasteiger partial charge in [0.05, 0.1) is 32.9 Å². The molecule has 3 rings (SSSR count). The van der Waals surface area contributed by atoms with Gasteiger partial charge in [0, 0.05) is 6.42 Å². The molecule has 0 saturated carbocycles. The molecule has 1 heterocycles. The van der Waals surface area contributed by atoms with Gasteiger partial charge in [-0.3, -0.25) is 9.59 Å². The summed E-state index contributed by atoms with van der Waals surface area (Å²) in [5.41, 5.74) is 1.46. The van der Waals surface area contributed by atoms with E-state index in [-0.39, 0.29) is 18.2 Å². The lowest BCUT2D eigenvalue weighted by Crippen LogP contribution is -2.92. The van der Waals surface area contributed by atoms with Crippen molar-refractivity contribution in [1.29, 1.82) is 0 Å². The summed E-state index contributed by atoms with van der Waals surface area (Å²) in [7, 11) is 3.17. The minimum atomic E-state index is -0.456. The molecule has 27 heavy (non-hydrogen) atoms. The Morgan fingerprint density at radius 3 is 2.44 bits per heavy atom. The molecule has 1 saturated heterocycles. The Hall–Kier alpha value is -2.93. The van der Waals surface area contributed by atoms with Crippen molar-refractivity contribution >= 4 is 17.5 Å². The smallest absolute Gasteiger partial charge is 0.292 e. The predicted octanol–water partition coefficient (Wildman–Crippen LogP) is 1.28. The molecule has 1 aliphatic heterocycles. The zero-order valence-corrected chi connectivity index (χ0v) is 15.3. The van der Waals surface area contributed by atoms with Crippen LogP contribution in [0.2, 0.25) is 0 Å². The molecule has 6 nitrogen and oxygen atoms in total. The van der Waals surface area contributed by atoms with Gasteiger partial charge in [0.2, 0.25) is 5.91 Å². The number of nitrogens with zero attached hydrogens (tertiary/aromatic N) is 1.